The van der Waals surface area contributed by atoms with E-state index in [-0.39, 0.29) is 5.96 Å². The fourth-order valence-electron chi connectivity index (χ4n) is 0.317. The third kappa shape index (κ3) is 0.857. The van der Waals surface area contributed by atoms with Crippen LogP contribution in [0.5, 0.6) is 0 Å². The molecule has 6 heteroatoms. The van der Waals surface area contributed by atoms with Gasteiger partial charge in [0.25, 0.3) is 5.96 Å². The molecule has 9 heavy (non-hydrogen) atoms. The van der Waals surface area contributed by atoms with E-state index in [2.05, 4.69) is 14.0 Å². The van der Waals surface area contributed by atoms with E-state index in [0.717, 1.165) is 4.91 Å². The van der Waals surface area contributed by atoms with Gasteiger partial charge < -0.3 is 5.73 Å². The van der Waals surface area contributed by atoms with E-state index >= 15 is 0 Å². The molecule has 0 radical (unpaired) electrons. The standard InChI is InChI=1S/C3H5N3O3/c1-5-2(4)6-8-3(7)9-6/h1H3,(H2,4,5). The molecule has 0 aliphatic heterocycles. The van der Waals surface area contributed by atoms with Crippen molar-refractivity contribution < 1.29 is 9.05 Å². The fraction of sp³-hybridized carbons (Fsp3) is 0.333. The Morgan fingerprint density at radius 3 is 2.67 bits per heavy atom. The summed E-state index contributed by atoms with van der Waals surface area (Å²) in [5, 5.41) is 0. The Balaban J connectivity index is 2.85. The van der Waals surface area contributed by atoms with Gasteiger partial charge in [-0.3, -0.25) is 14.0 Å². The summed E-state index contributed by atoms with van der Waals surface area (Å²) in [6.07, 6.45) is 0. The third-order valence-corrected chi connectivity index (χ3v) is 0.731. The molecule has 0 atom stereocenters. The molecule has 0 spiro atoms. The number of aromatic nitrogens is 1. The average molecular weight is 131 g/mol. The highest BCUT2D eigenvalue weighted by Crippen LogP contribution is 1.78. The number of rotatable bonds is 0. The lowest BCUT2D eigenvalue weighted by molar-refractivity contribution is -0.0282. The van der Waals surface area contributed by atoms with Crippen LogP contribution in [-0.2, 0) is 0 Å². The van der Waals surface area contributed by atoms with Crippen LogP contribution in [0.15, 0.2) is 18.8 Å². The first-order valence-corrected chi connectivity index (χ1v) is 2.16. The van der Waals surface area contributed by atoms with Crippen LogP contribution in [0.3, 0.4) is 0 Å². The Bertz CT molecular complexity index is 249. The summed E-state index contributed by atoms with van der Waals surface area (Å²) < 4.78 is 8.42. The van der Waals surface area contributed by atoms with Crippen molar-refractivity contribution in [3.63, 3.8) is 0 Å². The maximum absolute atomic E-state index is 9.93. The molecule has 0 fully saturated rings. The minimum Gasteiger partial charge on any atom is -0.364 e. The third-order valence-electron chi connectivity index (χ3n) is 0.731. The van der Waals surface area contributed by atoms with Crippen LogP contribution >= 0.6 is 0 Å². The Morgan fingerprint density at radius 1 is 1.78 bits per heavy atom. The molecular weight excluding hydrogens is 126 g/mol. The normalized spacial score (nSPS) is 12.3. The summed E-state index contributed by atoms with van der Waals surface area (Å²) in [5.41, 5.74) is 5.11. The van der Waals surface area contributed by atoms with Gasteiger partial charge in [-0.25, -0.2) is 0 Å². The van der Waals surface area contributed by atoms with E-state index in [9.17, 15) is 4.79 Å². The molecule has 0 saturated carbocycles. The summed E-state index contributed by atoms with van der Waals surface area (Å²) in [7, 11) is 1.45. The number of hydrogen-bond donors (Lipinski definition) is 1. The quantitative estimate of drug-likeness (QED) is 0.355. The van der Waals surface area contributed by atoms with Crippen LogP contribution in [0.1, 0.15) is 0 Å². The first kappa shape index (κ1) is 5.67. The minimum atomic E-state index is -0.776. The van der Waals surface area contributed by atoms with Crippen LogP contribution < -0.4 is 11.6 Å². The van der Waals surface area contributed by atoms with E-state index in [1.54, 1.807) is 0 Å². The van der Waals surface area contributed by atoms with E-state index in [4.69, 9.17) is 5.73 Å². The van der Waals surface area contributed by atoms with Gasteiger partial charge in [0.15, 0.2) is 0 Å². The van der Waals surface area contributed by atoms with E-state index in [1.807, 2.05) is 0 Å². The maximum atomic E-state index is 9.93. The van der Waals surface area contributed by atoms with Gasteiger partial charge >= 0.3 is 5.82 Å². The zero-order valence-corrected chi connectivity index (χ0v) is 4.70. The predicted molar refractivity (Wildman–Crippen MR) is 28.2 cm³/mol. The summed E-state index contributed by atoms with van der Waals surface area (Å²) >= 11 is 0. The van der Waals surface area contributed by atoms with Crippen LogP contribution in [0.2, 0.25) is 0 Å². The molecule has 1 heterocycles. The van der Waals surface area contributed by atoms with Gasteiger partial charge in [-0.15, -0.1) is 0 Å². The minimum absolute atomic E-state index is 0.00889. The number of nitrogens with zero attached hydrogens (tertiary/aromatic N) is 2. The van der Waals surface area contributed by atoms with Crippen molar-refractivity contribution in [2.45, 2.75) is 0 Å². The van der Waals surface area contributed by atoms with Crippen LogP contribution in [-0.4, -0.2) is 17.9 Å². The summed E-state index contributed by atoms with van der Waals surface area (Å²) in [5.74, 6) is -0.767. The van der Waals surface area contributed by atoms with Crippen molar-refractivity contribution in [1.82, 2.24) is 4.91 Å². The molecule has 0 bridgehead atoms. The van der Waals surface area contributed by atoms with Crippen molar-refractivity contribution in [2.24, 2.45) is 10.7 Å². The van der Waals surface area contributed by atoms with Crippen LogP contribution in [0, 0.1) is 0 Å². The highest BCUT2D eigenvalue weighted by Gasteiger charge is 2.04. The van der Waals surface area contributed by atoms with Gasteiger partial charge in [0.05, 0.1) is 0 Å². The molecule has 6 nitrogen and oxygen atoms in total. The predicted octanol–water partition coefficient (Wildman–Crippen LogP) is -1.17. The highest BCUT2D eigenvalue weighted by molar-refractivity contribution is 5.77. The number of aliphatic imine (C=N–C) groups is 1. The molecular formula is C3H5N3O3. The van der Waals surface area contributed by atoms with Crippen molar-refractivity contribution >= 4 is 5.96 Å². The SMILES string of the molecule is CN=C(N)n1oc(=O)o1. The molecule has 1 aromatic heterocycles. The summed E-state index contributed by atoms with van der Waals surface area (Å²) in [6, 6.07) is 0. The van der Waals surface area contributed by atoms with Crippen molar-refractivity contribution in [3.8, 4) is 0 Å². The Labute approximate surface area is 49.5 Å². The first-order valence-electron chi connectivity index (χ1n) is 2.16. The number of nitrogens with two attached hydrogens (primary N) is 1. The van der Waals surface area contributed by atoms with Crippen LogP contribution in [0.25, 0.3) is 0 Å². The molecule has 2 N–H and O–H groups in total. The lowest BCUT2D eigenvalue weighted by Gasteiger charge is -1.98. The molecule has 0 aliphatic carbocycles. The Hall–Kier alpha value is -1.46. The van der Waals surface area contributed by atoms with Gasteiger partial charge in [0.2, 0.25) is 0 Å². The second-order valence-corrected chi connectivity index (χ2v) is 1.27. The zero-order valence-electron chi connectivity index (χ0n) is 4.70. The van der Waals surface area contributed by atoms with E-state index in [0.29, 0.717) is 0 Å². The molecule has 0 unspecified atom stereocenters. The molecule has 50 valence electrons. The van der Waals surface area contributed by atoms with Gasteiger partial charge in [-0.1, -0.05) is 0 Å². The van der Waals surface area contributed by atoms with Gasteiger partial charge in [0.1, 0.15) is 0 Å². The fourth-order valence-corrected chi connectivity index (χ4v) is 0.317. The monoisotopic (exact) mass is 131 g/mol. The highest BCUT2D eigenvalue weighted by atomic mass is 16.8. The lowest BCUT2D eigenvalue weighted by Crippen LogP contribution is -2.29. The maximum Gasteiger partial charge on any atom is 0.564 e. The van der Waals surface area contributed by atoms with Crippen molar-refractivity contribution in [3.05, 3.63) is 10.6 Å². The van der Waals surface area contributed by atoms with Gasteiger partial charge in [-0.2, -0.15) is 4.79 Å². The smallest absolute Gasteiger partial charge is 0.364 e. The molecule has 0 aliphatic rings. The molecule has 1 rings (SSSR count). The second-order valence-electron chi connectivity index (χ2n) is 1.27. The Kier molecular flexibility index (Phi) is 1.14. The summed E-state index contributed by atoms with van der Waals surface area (Å²) in [6.45, 7) is 0. The second kappa shape index (κ2) is 1.81. The Morgan fingerprint density at radius 2 is 2.33 bits per heavy atom. The molecule has 1 aromatic rings. The molecule has 0 saturated heterocycles. The van der Waals surface area contributed by atoms with Gasteiger partial charge in [-0.05, 0) is 0 Å². The van der Waals surface area contributed by atoms with Crippen molar-refractivity contribution in [1.29, 1.82) is 0 Å². The topological polar surface area (TPSA) is 86.7 Å². The van der Waals surface area contributed by atoms with Crippen molar-refractivity contribution in [2.75, 3.05) is 7.05 Å². The summed E-state index contributed by atoms with van der Waals surface area (Å²) in [4.78, 5) is 14.1. The van der Waals surface area contributed by atoms with E-state index < -0.39 is 5.82 Å². The average Bonchev–Trinajstić information content (AvgIpc) is 1.79. The van der Waals surface area contributed by atoms with E-state index in [1.165, 1.54) is 7.05 Å². The first-order chi connectivity index (χ1) is 4.24. The molecule has 0 aromatic carbocycles. The lowest BCUT2D eigenvalue weighted by atomic mass is 11.0. The zero-order chi connectivity index (χ0) is 6.85. The van der Waals surface area contributed by atoms with Crippen LogP contribution in [0.4, 0.5) is 0 Å². The largest absolute Gasteiger partial charge is 0.564 e. The van der Waals surface area contributed by atoms with Gasteiger partial charge in [0, 0.05) is 12.0 Å². The molecule has 0 amide bonds. The number of hydrogen-bond acceptors (Lipinski definition) is 4.